The van der Waals surface area contributed by atoms with Gasteiger partial charge in [-0.15, -0.1) is 0 Å². The zero-order valence-corrected chi connectivity index (χ0v) is 26.4. The number of rotatable bonds is 9. The Labute approximate surface area is 273 Å². The van der Waals surface area contributed by atoms with E-state index in [9.17, 15) is 14.4 Å². The number of carbonyl (C=O) groups excluding carboxylic acids is 3. The lowest BCUT2D eigenvalue weighted by atomic mass is 9.77. The van der Waals surface area contributed by atoms with Gasteiger partial charge in [0.05, 0.1) is 30.7 Å². The Morgan fingerprint density at radius 1 is 0.872 bits per heavy atom. The zero-order chi connectivity index (χ0) is 32.5. The Bertz CT molecular complexity index is 1750. The van der Waals surface area contributed by atoms with Crippen molar-refractivity contribution < 1.29 is 23.9 Å². The fraction of sp³-hybridized carbons (Fsp3) is 0.333. The van der Waals surface area contributed by atoms with E-state index in [1.165, 1.54) is 5.01 Å². The minimum atomic E-state index is -0.992. The van der Waals surface area contributed by atoms with E-state index in [1.807, 2.05) is 68.4 Å². The van der Waals surface area contributed by atoms with Gasteiger partial charge in [-0.25, -0.2) is 9.91 Å². The first kappa shape index (κ1) is 30.3. The van der Waals surface area contributed by atoms with Gasteiger partial charge in [0.2, 0.25) is 0 Å². The molecule has 3 aromatic rings. The van der Waals surface area contributed by atoms with Crippen LogP contribution < -0.4 is 14.4 Å². The van der Waals surface area contributed by atoms with Crippen LogP contribution in [0.2, 0.25) is 0 Å². The SMILES string of the molecule is CCOc1ccc(/C=C2\CCC[C@H]3C2=NN(C(=O)CN2N=N[C@H]4C(=O)N(c5ccccc5)C(=O)[C@@H]42)[C@@H]3c2ccc(OCC)cc2)cc1. The van der Waals surface area contributed by atoms with Crippen molar-refractivity contribution in [2.24, 2.45) is 21.4 Å². The van der Waals surface area contributed by atoms with Gasteiger partial charge in [0.15, 0.2) is 12.1 Å². The second-order valence-electron chi connectivity index (χ2n) is 11.9. The molecule has 0 unspecified atom stereocenters. The lowest BCUT2D eigenvalue weighted by molar-refractivity contribution is -0.136. The molecule has 47 heavy (non-hydrogen) atoms. The van der Waals surface area contributed by atoms with Gasteiger partial charge in [0.25, 0.3) is 17.7 Å². The van der Waals surface area contributed by atoms with Crippen LogP contribution in [0.4, 0.5) is 5.69 Å². The Balaban J connectivity index is 1.18. The third-order valence-electron chi connectivity index (χ3n) is 8.99. The van der Waals surface area contributed by atoms with Gasteiger partial charge < -0.3 is 9.47 Å². The monoisotopic (exact) mass is 632 g/mol. The van der Waals surface area contributed by atoms with Crippen molar-refractivity contribution in [2.75, 3.05) is 24.7 Å². The summed E-state index contributed by atoms with van der Waals surface area (Å²) in [5.74, 6) is 0.323. The average molecular weight is 633 g/mol. The smallest absolute Gasteiger partial charge is 0.264 e. The topological polar surface area (TPSA) is 116 Å². The lowest BCUT2D eigenvalue weighted by Crippen LogP contribution is -2.45. The summed E-state index contributed by atoms with van der Waals surface area (Å²) < 4.78 is 11.3. The molecule has 3 amide bonds. The summed E-state index contributed by atoms with van der Waals surface area (Å²) in [7, 11) is 0. The predicted molar refractivity (Wildman–Crippen MR) is 176 cm³/mol. The number of amides is 3. The van der Waals surface area contributed by atoms with Gasteiger partial charge in [-0.3, -0.25) is 19.4 Å². The highest BCUT2D eigenvalue weighted by molar-refractivity contribution is 6.25. The molecule has 0 aromatic heterocycles. The largest absolute Gasteiger partial charge is 0.494 e. The highest BCUT2D eigenvalue weighted by atomic mass is 16.5. The predicted octanol–water partition coefficient (Wildman–Crippen LogP) is 5.60. The maximum Gasteiger partial charge on any atom is 0.264 e. The number of hydrogen-bond donors (Lipinski definition) is 0. The van der Waals surface area contributed by atoms with Crippen molar-refractivity contribution >= 4 is 35.2 Å². The molecule has 3 aromatic carbocycles. The summed E-state index contributed by atoms with van der Waals surface area (Å²) in [6.07, 6.45) is 4.81. The summed E-state index contributed by atoms with van der Waals surface area (Å²) in [6.45, 7) is 4.80. The van der Waals surface area contributed by atoms with Crippen LogP contribution in [0, 0.1) is 5.92 Å². The molecule has 3 aliphatic heterocycles. The summed E-state index contributed by atoms with van der Waals surface area (Å²) in [5.41, 5.74) is 4.42. The molecule has 7 rings (SSSR count). The molecule has 4 aliphatic rings. The number of hydrazone groups is 1. The molecule has 11 nitrogen and oxygen atoms in total. The number of anilines is 1. The van der Waals surface area contributed by atoms with Crippen LogP contribution in [-0.4, -0.2) is 65.3 Å². The first-order valence-corrected chi connectivity index (χ1v) is 16.1. The van der Waals surface area contributed by atoms with Gasteiger partial charge in [-0.1, -0.05) is 47.7 Å². The lowest BCUT2D eigenvalue weighted by Gasteiger charge is -2.30. The van der Waals surface area contributed by atoms with Crippen LogP contribution >= 0.6 is 0 Å². The standard InChI is InChI=1S/C36H36N6O5/c1-3-46-27-17-13-23(14-18-27)21-25-9-8-12-29-31(25)38-42(33(29)24-15-19-28(20-16-24)47-4-2)30(43)22-40-34-32(37-39-40)35(44)41(36(34)45)26-10-6-5-7-11-26/h5-7,10-11,13-21,29,32-34H,3-4,8-9,12,22H2,1-2H3/b25-21+/t29-,32+,33+,34+/m0/s1. The Morgan fingerprint density at radius 2 is 1.55 bits per heavy atom. The maximum absolute atomic E-state index is 14.2. The van der Waals surface area contributed by atoms with Crippen molar-refractivity contribution in [3.8, 4) is 11.5 Å². The number of para-hydroxylation sites is 1. The first-order chi connectivity index (χ1) is 23.0. The molecule has 0 N–H and O–H groups in total. The fourth-order valence-corrected chi connectivity index (χ4v) is 6.89. The van der Waals surface area contributed by atoms with E-state index in [-0.39, 0.29) is 24.4 Å². The van der Waals surface area contributed by atoms with Gasteiger partial charge in [-0.2, -0.15) is 10.2 Å². The Hall–Kier alpha value is -5.32. The second-order valence-corrected chi connectivity index (χ2v) is 11.9. The quantitative estimate of drug-likeness (QED) is 0.284. The van der Waals surface area contributed by atoms with Gasteiger partial charge >= 0.3 is 0 Å². The van der Waals surface area contributed by atoms with E-state index in [4.69, 9.17) is 14.6 Å². The van der Waals surface area contributed by atoms with Crippen molar-refractivity contribution in [2.45, 2.75) is 51.2 Å². The van der Waals surface area contributed by atoms with Gasteiger partial charge in [0.1, 0.15) is 18.0 Å². The molecule has 4 atom stereocenters. The van der Waals surface area contributed by atoms with Crippen molar-refractivity contribution in [3.05, 3.63) is 95.6 Å². The molecule has 3 heterocycles. The summed E-state index contributed by atoms with van der Waals surface area (Å²) >= 11 is 0. The highest BCUT2D eigenvalue weighted by Crippen LogP contribution is 2.45. The molecule has 0 radical (unpaired) electrons. The fourth-order valence-electron chi connectivity index (χ4n) is 6.89. The molecule has 11 heteroatoms. The number of allylic oxidation sites excluding steroid dienone is 1. The van der Waals surface area contributed by atoms with Crippen LogP contribution in [-0.2, 0) is 14.4 Å². The minimum absolute atomic E-state index is 0.0178. The van der Waals surface area contributed by atoms with Crippen LogP contribution in [0.15, 0.2) is 99.9 Å². The number of hydrogen-bond acceptors (Lipinski definition) is 9. The normalized spacial score (nSPS) is 24.1. The van der Waals surface area contributed by atoms with Crippen LogP contribution in [0.5, 0.6) is 11.5 Å². The number of benzene rings is 3. The number of nitrogens with zero attached hydrogens (tertiary/aromatic N) is 6. The number of imide groups is 1. The molecule has 1 saturated heterocycles. The van der Waals surface area contributed by atoms with Crippen LogP contribution in [0.1, 0.15) is 50.3 Å². The first-order valence-electron chi connectivity index (χ1n) is 16.1. The zero-order valence-electron chi connectivity index (χ0n) is 26.4. The van der Waals surface area contributed by atoms with Crippen molar-refractivity contribution in [1.29, 1.82) is 0 Å². The Kier molecular flexibility index (Phi) is 8.28. The molecule has 0 bridgehead atoms. The summed E-state index contributed by atoms with van der Waals surface area (Å²) in [6, 6.07) is 22.2. The second kappa shape index (κ2) is 12.8. The molecule has 2 fully saturated rings. The van der Waals surface area contributed by atoms with E-state index in [0.717, 1.165) is 58.1 Å². The third kappa shape index (κ3) is 5.66. The van der Waals surface area contributed by atoms with Crippen molar-refractivity contribution in [1.82, 2.24) is 10.0 Å². The van der Waals surface area contributed by atoms with Crippen molar-refractivity contribution in [3.63, 3.8) is 0 Å². The minimum Gasteiger partial charge on any atom is -0.494 e. The molecule has 1 saturated carbocycles. The number of carbonyl (C=O) groups is 3. The highest BCUT2D eigenvalue weighted by Gasteiger charge is 2.55. The maximum atomic E-state index is 14.2. The van der Waals surface area contributed by atoms with E-state index in [1.54, 1.807) is 29.3 Å². The number of ether oxygens (including phenoxy) is 2. The molecular formula is C36H36N6O5. The molecular weight excluding hydrogens is 596 g/mol. The average Bonchev–Trinajstić information content (AvgIpc) is 3.76. The summed E-state index contributed by atoms with van der Waals surface area (Å²) in [5, 5.41) is 16.1. The van der Waals surface area contributed by atoms with Gasteiger partial charge in [0, 0.05) is 5.92 Å². The van der Waals surface area contributed by atoms with Gasteiger partial charge in [-0.05, 0) is 92.3 Å². The van der Waals surface area contributed by atoms with Crippen LogP contribution in [0.25, 0.3) is 6.08 Å². The van der Waals surface area contributed by atoms with E-state index in [0.29, 0.717) is 18.9 Å². The van der Waals surface area contributed by atoms with E-state index in [2.05, 4.69) is 16.4 Å². The molecule has 1 aliphatic carbocycles. The number of fused-ring (bicyclic) bond motifs is 2. The Morgan fingerprint density at radius 3 is 2.23 bits per heavy atom. The van der Waals surface area contributed by atoms with E-state index >= 15 is 0 Å². The summed E-state index contributed by atoms with van der Waals surface area (Å²) in [4.78, 5) is 42.0. The third-order valence-corrected chi connectivity index (χ3v) is 8.99. The molecule has 0 spiro atoms. The van der Waals surface area contributed by atoms with E-state index < -0.39 is 23.9 Å². The molecule has 240 valence electrons. The van der Waals surface area contributed by atoms with Crippen LogP contribution in [0.3, 0.4) is 0 Å².